The number of halogens is 3. The summed E-state index contributed by atoms with van der Waals surface area (Å²) in [6.45, 7) is 0.675. The van der Waals surface area contributed by atoms with Crippen LogP contribution in [0.2, 0.25) is 0 Å². The van der Waals surface area contributed by atoms with Gasteiger partial charge in [0.15, 0.2) is 0 Å². The average Bonchev–Trinajstić information content (AvgIpc) is 2.54. The maximum absolute atomic E-state index is 12.1. The molecule has 0 amide bonds. The van der Waals surface area contributed by atoms with Gasteiger partial charge in [-0.15, -0.1) is 13.2 Å². The lowest BCUT2D eigenvalue weighted by Crippen LogP contribution is -2.17. The van der Waals surface area contributed by atoms with Gasteiger partial charge in [0.2, 0.25) is 0 Å². The molecular formula is C19H25F3O2. The van der Waals surface area contributed by atoms with E-state index in [2.05, 4.69) is 16.9 Å². The lowest BCUT2D eigenvalue weighted by molar-refractivity contribution is -0.274. The molecule has 0 radical (unpaired) electrons. The van der Waals surface area contributed by atoms with Gasteiger partial charge in [-0.3, -0.25) is 0 Å². The van der Waals surface area contributed by atoms with E-state index in [-0.39, 0.29) is 5.75 Å². The first-order valence-corrected chi connectivity index (χ1v) is 8.46. The normalized spacial score (nSPS) is 22.0. The van der Waals surface area contributed by atoms with Gasteiger partial charge >= 0.3 is 6.36 Å². The fourth-order valence-corrected chi connectivity index (χ4v) is 3.24. The summed E-state index contributed by atoms with van der Waals surface area (Å²) in [6, 6.07) is 6.22. The molecule has 134 valence electrons. The van der Waals surface area contributed by atoms with Gasteiger partial charge < -0.3 is 9.47 Å². The zero-order chi connectivity index (χ0) is 17.4. The van der Waals surface area contributed by atoms with Gasteiger partial charge in [0.25, 0.3) is 0 Å². The summed E-state index contributed by atoms with van der Waals surface area (Å²) >= 11 is 0. The smallest absolute Gasteiger partial charge is 0.406 e. The Kier molecular flexibility index (Phi) is 7.16. The Morgan fingerprint density at radius 1 is 1.08 bits per heavy atom. The Balaban J connectivity index is 1.71. The molecule has 0 bridgehead atoms. The molecule has 0 unspecified atom stereocenters. The van der Waals surface area contributed by atoms with Crippen molar-refractivity contribution in [2.24, 2.45) is 11.8 Å². The van der Waals surface area contributed by atoms with Crippen LogP contribution in [0.3, 0.4) is 0 Å². The van der Waals surface area contributed by atoms with Crippen molar-refractivity contribution in [1.29, 1.82) is 0 Å². The molecule has 0 spiro atoms. The van der Waals surface area contributed by atoms with Crippen molar-refractivity contribution in [3.63, 3.8) is 0 Å². The van der Waals surface area contributed by atoms with Crippen molar-refractivity contribution >= 4 is 0 Å². The summed E-state index contributed by atoms with van der Waals surface area (Å²) in [5.74, 6) is 1.22. The molecule has 24 heavy (non-hydrogen) atoms. The number of aryl methyl sites for hydroxylation is 1. The molecule has 5 heteroatoms. The van der Waals surface area contributed by atoms with Crippen LogP contribution >= 0.6 is 0 Å². The number of rotatable bonds is 7. The topological polar surface area (TPSA) is 18.5 Å². The Labute approximate surface area is 141 Å². The Hall–Kier alpha value is -1.49. The van der Waals surface area contributed by atoms with E-state index >= 15 is 0 Å². The van der Waals surface area contributed by atoms with E-state index in [0.29, 0.717) is 18.4 Å². The highest BCUT2D eigenvalue weighted by molar-refractivity contribution is 5.27. The molecule has 1 aromatic carbocycles. The molecule has 1 aliphatic rings. The van der Waals surface area contributed by atoms with E-state index in [4.69, 9.17) is 4.74 Å². The molecule has 0 N–H and O–H groups in total. The summed E-state index contributed by atoms with van der Waals surface area (Å²) in [5.41, 5.74) is 1.06. The number of benzene rings is 1. The minimum atomic E-state index is -4.63. The Bertz CT molecular complexity index is 500. The van der Waals surface area contributed by atoms with Gasteiger partial charge in [-0.2, -0.15) is 0 Å². The van der Waals surface area contributed by atoms with Crippen molar-refractivity contribution in [2.75, 3.05) is 13.7 Å². The highest BCUT2D eigenvalue weighted by atomic mass is 19.4. The lowest BCUT2D eigenvalue weighted by atomic mass is 9.79. The van der Waals surface area contributed by atoms with Crippen molar-refractivity contribution in [3.05, 3.63) is 42.0 Å². The second-order valence-electron chi connectivity index (χ2n) is 6.39. The molecule has 0 heterocycles. The molecule has 1 aromatic rings. The highest BCUT2D eigenvalue weighted by Gasteiger charge is 2.30. The van der Waals surface area contributed by atoms with Crippen LogP contribution < -0.4 is 4.74 Å². The summed E-state index contributed by atoms with van der Waals surface area (Å²) in [7, 11) is 1.70. The van der Waals surface area contributed by atoms with Crippen molar-refractivity contribution < 1.29 is 22.6 Å². The minimum Gasteiger partial charge on any atom is -0.406 e. The van der Waals surface area contributed by atoms with E-state index < -0.39 is 6.36 Å². The number of ether oxygens (including phenoxy) is 2. The molecular weight excluding hydrogens is 317 g/mol. The predicted octanol–water partition coefficient (Wildman–Crippen LogP) is 5.53. The van der Waals surface area contributed by atoms with Gasteiger partial charge in [-0.05, 0) is 68.1 Å². The van der Waals surface area contributed by atoms with Crippen LogP contribution in [0.15, 0.2) is 36.4 Å². The van der Waals surface area contributed by atoms with Crippen LogP contribution in [0.25, 0.3) is 0 Å². The minimum absolute atomic E-state index is 0.158. The largest absolute Gasteiger partial charge is 0.573 e. The summed E-state index contributed by atoms with van der Waals surface area (Å²) in [5, 5.41) is 0. The molecule has 0 aliphatic heterocycles. The number of hydrogen-bond donors (Lipinski definition) is 0. The Morgan fingerprint density at radius 3 is 2.33 bits per heavy atom. The predicted molar refractivity (Wildman–Crippen MR) is 87.9 cm³/mol. The quantitative estimate of drug-likeness (QED) is 0.607. The number of methoxy groups -OCH3 is 1. The zero-order valence-electron chi connectivity index (χ0n) is 14.0. The molecule has 1 aliphatic carbocycles. The van der Waals surface area contributed by atoms with Crippen LogP contribution in [0.1, 0.15) is 37.7 Å². The number of allylic oxidation sites excluding steroid dienone is 1. The molecule has 0 saturated heterocycles. The van der Waals surface area contributed by atoms with Crippen molar-refractivity contribution in [3.8, 4) is 5.75 Å². The molecule has 1 saturated carbocycles. The third-order valence-electron chi connectivity index (χ3n) is 4.56. The van der Waals surface area contributed by atoms with E-state index in [1.54, 1.807) is 19.2 Å². The van der Waals surface area contributed by atoms with Gasteiger partial charge in [0, 0.05) is 7.11 Å². The molecule has 2 rings (SSSR count). The maximum Gasteiger partial charge on any atom is 0.573 e. The van der Waals surface area contributed by atoms with E-state index in [1.165, 1.54) is 37.8 Å². The van der Waals surface area contributed by atoms with Gasteiger partial charge in [-0.1, -0.05) is 24.3 Å². The van der Waals surface area contributed by atoms with Crippen LogP contribution in [0, 0.1) is 11.8 Å². The number of alkyl halides is 3. The maximum atomic E-state index is 12.1. The number of hydrogen-bond acceptors (Lipinski definition) is 2. The monoisotopic (exact) mass is 342 g/mol. The van der Waals surface area contributed by atoms with Gasteiger partial charge in [-0.25, -0.2) is 0 Å². The first-order chi connectivity index (χ1) is 11.5. The second-order valence-corrected chi connectivity index (χ2v) is 6.39. The third kappa shape index (κ3) is 6.95. The fourth-order valence-electron chi connectivity index (χ4n) is 3.24. The lowest BCUT2D eigenvalue weighted by Gasteiger charge is -2.26. The molecule has 2 nitrogen and oxygen atoms in total. The summed E-state index contributed by atoms with van der Waals surface area (Å²) in [4.78, 5) is 0. The second kappa shape index (κ2) is 9.11. The van der Waals surface area contributed by atoms with Crippen LogP contribution in [0.4, 0.5) is 13.2 Å². The zero-order valence-corrected chi connectivity index (χ0v) is 14.0. The van der Waals surface area contributed by atoms with Crippen LogP contribution in [-0.4, -0.2) is 20.1 Å². The fraction of sp³-hybridized carbons (Fsp3) is 0.579. The van der Waals surface area contributed by atoms with Crippen molar-refractivity contribution in [2.45, 2.75) is 44.9 Å². The average molecular weight is 342 g/mol. The van der Waals surface area contributed by atoms with Crippen LogP contribution in [-0.2, 0) is 11.2 Å². The summed E-state index contributed by atoms with van der Waals surface area (Å²) < 4.78 is 45.3. The van der Waals surface area contributed by atoms with Gasteiger partial charge in [0.1, 0.15) is 5.75 Å². The van der Waals surface area contributed by atoms with Gasteiger partial charge in [0.05, 0.1) is 6.61 Å². The van der Waals surface area contributed by atoms with E-state index in [9.17, 15) is 13.2 Å². The third-order valence-corrected chi connectivity index (χ3v) is 4.56. The van der Waals surface area contributed by atoms with E-state index in [0.717, 1.165) is 18.4 Å². The first kappa shape index (κ1) is 18.8. The van der Waals surface area contributed by atoms with Crippen molar-refractivity contribution in [1.82, 2.24) is 0 Å². The first-order valence-electron chi connectivity index (χ1n) is 8.46. The molecule has 1 fully saturated rings. The highest BCUT2D eigenvalue weighted by Crippen LogP contribution is 2.32. The SMILES string of the molecule is COCC=C[C@H]1CC[C@H](CCc2ccc(OC(F)(F)F)cc2)CC1. The Morgan fingerprint density at radius 2 is 1.75 bits per heavy atom. The molecule has 0 atom stereocenters. The van der Waals surface area contributed by atoms with E-state index in [1.807, 2.05) is 0 Å². The summed E-state index contributed by atoms with van der Waals surface area (Å²) in [6.07, 6.45) is 6.59. The van der Waals surface area contributed by atoms with Crippen LogP contribution in [0.5, 0.6) is 5.75 Å². The molecule has 0 aromatic heterocycles. The standard InChI is InChI=1S/C19H25F3O2/c1-23-14-2-3-15-4-6-16(7-5-15)8-9-17-10-12-18(13-11-17)24-19(20,21)22/h2-3,10-13,15-16H,4-9,14H2,1H3/t15-,16-.